The highest BCUT2D eigenvalue weighted by Gasteiger charge is 2.29. The quantitative estimate of drug-likeness (QED) is 0.773. The largest absolute Gasteiger partial charge is 0.392 e. The van der Waals surface area contributed by atoms with Gasteiger partial charge in [-0.25, -0.2) is 0 Å². The summed E-state index contributed by atoms with van der Waals surface area (Å²) >= 11 is 0. The molecule has 2 rings (SSSR count). The summed E-state index contributed by atoms with van der Waals surface area (Å²) in [6.45, 7) is 5.50. The van der Waals surface area contributed by atoms with E-state index in [0.717, 1.165) is 30.7 Å². The van der Waals surface area contributed by atoms with Gasteiger partial charge in [0, 0.05) is 12.6 Å². The predicted molar refractivity (Wildman–Crippen MR) is 71.9 cm³/mol. The number of hydrogen-bond donors (Lipinski definition) is 2. The monoisotopic (exact) mass is 239 g/mol. The summed E-state index contributed by atoms with van der Waals surface area (Å²) in [5.41, 5.74) is 0. The molecule has 2 saturated carbocycles. The van der Waals surface area contributed by atoms with Crippen molar-refractivity contribution in [3.05, 3.63) is 0 Å². The Balaban J connectivity index is 1.63. The van der Waals surface area contributed by atoms with E-state index in [2.05, 4.69) is 19.2 Å². The van der Waals surface area contributed by atoms with Crippen LogP contribution in [-0.4, -0.2) is 23.8 Å². The van der Waals surface area contributed by atoms with E-state index in [1.54, 1.807) is 0 Å². The minimum absolute atomic E-state index is 0.124. The van der Waals surface area contributed by atoms with Crippen LogP contribution in [0.25, 0.3) is 0 Å². The molecule has 0 saturated heterocycles. The van der Waals surface area contributed by atoms with Crippen LogP contribution in [-0.2, 0) is 0 Å². The SMILES string of the molecule is CC1CCC(NCC(O)CC2CCCC2)C1C. The lowest BCUT2D eigenvalue weighted by molar-refractivity contribution is 0.134. The Morgan fingerprint density at radius 2 is 1.82 bits per heavy atom. The summed E-state index contributed by atoms with van der Waals surface area (Å²) in [5.74, 6) is 2.42. The predicted octanol–water partition coefficient (Wildman–Crippen LogP) is 2.95. The first-order valence-corrected chi connectivity index (χ1v) is 7.58. The van der Waals surface area contributed by atoms with Crippen molar-refractivity contribution in [2.75, 3.05) is 6.54 Å². The summed E-state index contributed by atoms with van der Waals surface area (Å²) in [7, 11) is 0. The van der Waals surface area contributed by atoms with Gasteiger partial charge in [0.05, 0.1) is 6.10 Å². The van der Waals surface area contributed by atoms with Crippen LogP contribution in [0.1, 0.15) is 58.8 Å². The molecule has 0 aromatic heterocycles. The lowest BCUT2D eigenvalue weighted by Gasteiger charge is -2.22. The van der Waals surface area contributed by atoms with Crippen LogP contribution in [0.2, 0.25) is 0 Å². The highest BCUT2D eigenvalue weighted by atomic mass is 16.3. The van der Waals surface area contributed by atoms with E-state index in [0.29, 0.717) is 6.04 Å². The van der Waals surface area contributed by atoms with Gasteiger partial charge in [-0.1, -0.05) is 39.5 Å². The first kappa shape index (κ1) is 13.4. The first-order valence-electron chi connectivity index (χ1n) is 7.58. The van der Waals surface area contributed by atoms with Gasteiger partial charge in [-0.15, -0.1) is 0 Å². The maximum absolute atomic E-state index is 10.1. The van der Waals surface area contributed by atoms with Gasteiger partial charge in [-0.2, -0.15) is 0 Å². The van der Waals surface area contributed by atoms with E-state index in [-0.39, 0.29) is 6.10 Å². The average Bonchev–Trinajstić information content (AvgIpc) is 2.90. The van der Waals surface area contributed by atoms with Crippen LogP contribution in [0.15, 0.2) is 0 Å². The summed E-state index contributed by atoms with van der Waals surface area (Å²) in [4.78, 5) is 0. The average molecular weight is 239 g/mol. The van der Waals surface area contributed by atoms with Crippen molar-refractivity contribution in [1.82, 2.24) is 5.32 Å². The van der Waals surface area contributed by atoms with Gasteiger partial charge < -0.3 is 10.4 Å². The molecule has 0 spiro atoms. The number of aliphatic hydroxyl groups is 1. The normalized spacial score (nSPS) is 36.5. The van der Waals surface area contributed by atoms with Crippen molar-refractivity contribution >= 4 is 0 Å². The molecule has 4 atom stereocenters. The molecule has 2 heteroatoms. The first-order chi connectivity index (χ1) is 8.16. The lowest BCUT2D eigenvalue weighted by atomic mass is 9.97. The molecular formula is C15H29NO. The zero-order chi connectivity index (χ0) is 12.3. The fourth-order valence-electron chi connectivity index (χ4n) is 3.65. The van der Waals surface area contributed by atoms with Crippen molar-refractivity contribution in [2.45, 2.75) is 70.9 Å². The number of rotatable bonds is 5. The van der Waals surface area contributed by atoms with E-state index >= 15 is 0 Å². The molecule has 2 nitrogen and oxygen atoms in total. The minimum Gasteiger partial charge on any atom is -0.392 e. The van der Waals surface area contributed by atoms with Crippen molar-refractivity contribution in [1.29, 1.82) is 0 Å². The van der Waals surface area contributed by atoms with E-state index in [4.69, 9.17) is 0 Å². The molecule has 0 aromatic rings. The third-order valence-electron chi connectivity index (χ3n) is 5.16. The maximum atomic E-state index is 10.1. The third kappa shape index (κ3) is 3.69. The molecule has 0 bridgehead atoms. The summed E-state index contributed by atoms with van der Waals surface area (Å²) < 4.78 is 0. The van der Waals surface area contributed by atoms with Crippen LogP contribution in [0, 0.1) is 17.8 Å². The Morgan fingerprint density at radius 3 is 2.41 bits per heavy atom. The topological polar surface area (TPSA) is 32.3 Å². The Bertz CT molecular complexity index is 225. The molecule has 2 aliphatic rings. The summed E-state index contributed by atoms with van der Waals surface area (Å²) in [5, 5.41) is 13.6. The van der Waals surface area contributed by atoms with Gasteiger partial charge in [0.15, 0.2) is 0 Å². The van der Waals surface area contributed by atoms with Crippen molar-refractivity contribution < 1.29 is 5.11 Å². The molecule has 17 heavy (non-hydrogen) atoms. The third-order valence-corrected chi connectivity index (χ3v) is 5.16. The van der Waals surface area contributed by atoms with Gasteiger partial charge in [0.2, 0.25) is 0 Å². The zero-order valence-corrected chi connectivity index (χ0v) is 11.5. The molecular weight excluding hydrogens is 210 g/mol. The zero-order valence-electron chi connectivity index (χ0n) is 11.5. The highest BCUT2D eigenvalue weighted by Crippen LogP contribution is 2.31. The van der Waals surface area contributed by atoms with E-state index in [1.807, 2.05) is 0 Å². The fourth-order valence-corrected chi connectivity index (χ4v) is 3.65. The molecule has 100 valence electrons. The number of aliphatic hydroxyl groups excluding tert-OH is 1. The second-order valence-electron chi connectivity index (χ2n) is 6.47. The second-order valence-corrected chi connectivity index (χ2v) is 6.47. The van der Waals surface area contributed by atoms with Crippen molar-refractivity contribution in [3.63, 3.8) is 0 Å². The molecule has 2 fully saturated rings. The Kier molecular flexibility index (Phi) is 4.87. The number of nitrogens with one attached hydrogen (secondary N) is 1. The van der Waals surface area contributed by atoms with Crippen LogP contribution in [0.4, 0.5) is 0 Å². The summed E-state index contributed by atoms with van der Waals surface area (Å²) in [6.07, 6.45) is 8.96. The van der Waals surface area contributed by atoms with Crippen molar-refractivity contribution in [3.8, 4) is 0 Å². The van der Waals surface area contributed by atoms with Crippen LogP contribution in [0.5, 0.6) is 0 Å². The lowest BCUT2D eigenvalue weighted by Crippen LogP contribution is -2.38. The van der Waals surface area contributed by atoms with Crippen LogP contribution in [0.3, 0.4) is 0 Å². The molecule has 2 aliphatic carbocycles. The molecule has 4 unspecified atom stereocenters. The molecule has 0 amide bonds. The second kappa shape index (κ2) is 6.19. The fraction of sp³-hybridized carbons (Fsp3) is 1.00. The van der Waals surface area contributed by atoms with E-state index in [9.17, 15) is 5.11 Å². The van der Waals surface area contributed by atoms with Crippen LogP contribution < -0.4 is 5.32 Å². The Morgan fingerprint density at radius 1 is 1.12 bits per heavy atom. The van der Waals surface area contributed by atoms with Gasteiger partial charge in [0.1, 0.15) is 0 Å². The minimum atomic E-state index is -0.124. The number of hydrogen-bond acceptors (Lipinski definition) is 2. The van der Waals surface area contributed by atoms with E-state index < -0.39 is 0 Å². The molecule has 0 aromatic carbocycles. The highest BCUT2D eigenvalue weighted by molar-refractivity contribution is 4.85. The molecule has 0 radical (unpaired) electrons. The molecule has 0 heterocycles. The maximum Gasteiger partial charge on any atom is 0.0667 e. The standard InChI is InChI=1S/C15H29NO/c1-11-7-8-15(12(11)2)16-10-14(17)9-13-5-3-4-6-13/h11-17H,3-10H2,1-2H3. The molecule has 2 N–H and O–H groups in total. The smallest absolute Gasteiger partial charge is 0.0667 e. The summed E-state index contributed by atoms with van der Waals surface area (Å²) in [6, 6.07) is 0.642. The van der Waals surface area contributed by atoms with Gasteiger partial charge >= 0.3 is 0 Å². The van der Waals surface area contributed by atoms with Gasteiger partial charge in [-0.05, 0) is 37.0 Å². The van der Waals surface area contributed by atoms with Gasteiger partial charge in [0.25, 0.3) is 0 Å². The Labute approximate surface area is 106 Å². The van der Waals surface area contributed by atoms with E-state index in [1.165, 1.54) is 38.5 Å². The Hall–Kier alpha value is -0.0800. The molecule has 0 aliphatic heterocycles. The van der Waals surface area contributed by atoms with Crippen molar-refractivity contribution in [2.24, 2.45) is 17.8 Å². The van der Waals surface area contributed by atoms with Gasteiger partial charge in [-0.3, -0.25) is 0 Å². The van der Waals surface area contributed by atoms with Crippen LogP contribution >= 0.6 is 0 Å².